The highest BCUT2D eigenvalue weighted by Crippen LogP contribution is 2.20. The first-order valence-electron chi connectivity index (χ1n) is 5.77. The Labute approximate surface area is 95.7 Å². The third-order valence-corrected chi connectivity index (χ3v) is 2.80. The molecule has 4 nitrogen and oxygen atoms in total. The third kappa shape index (κ3) is 2.22. The lowest BCUT2D eigenvalue weighted by molar-refractivity contribution is -0.118. The summed E-state index contributed by atoms with van der Waals surface area (Å²) in [4.78, 5) is 17.9. The van der Waals surface area contributed by atoms with E-state index in [1.54, 1.807) is 17.3 Å². The molecule has 1 atom stereocenters. The summed E-state index contributed by atoms with van der Waals surface area (Å²) in [6, 6.07) is 3.77. The summed E-state index contributed by atoms with van der Waals surface area (Å²) in [5.74, 6) is 0.168. The molecule has 0 spiro atoms. The minimum Gasteiger partial charge on any atom is -0.309 e. The Kier molecular flexibility index (Phi) is 3.51. The summed E-state index contributed by atoms with van der Waals surface area (Å²) in [5.41, 5.74) is 0.897. The van der Waals surface area contributed by atoms with Crippen LogP contribution >= 0.6 is 0 Å². The van der Waals surface area contributed by atoms with Crippen molar-refractivity contribution >= 4 is 11.6 Å². The van der Waals surface area contributed by atoms with Crippen molar-refractivity contribution in [3.63, 3.8) is 0 Å². The van der Waals surface area contributed by atoms with Crippen molar-refractivity contribution in [3.05, 3.63) is 24.5 Å². The van der Waals surface area contributed by atoms with Crippen molar-refractivity contribution in [2.45, 2.75) is 25.8 Å². The number of nitrogens with zero attached hydrogens (tertiary/aromatic N) is 2. The molecule has 1 aromatic heterocycles. The summed E-state index contributed by atoms with van der Waals surface area (Å²) in [6.07, 6.45) is 5.39. The molecule has 4 heteroatoms. The third-order valence-electron chi connectivity index (χ3n) is 2.80. The van der Waals surface area contributed by atoms with E-state index in [9.17, 15) is 4.79 Å². The zero-order valence-electron chi connectivity index (χ0n) is 9.52. The van der Waals surface area contributed by atoms with Crippen LogP contribution in [0.1, 0.15) is 19.8 Å². The van der Waals surface area contributed by atoms with Gasteiger partial charge in [0, 0.05) is 12.7 Å². The van der Waals surface area contributed by atoms with Crippen LogP contribution in [0.15, 0.2) is 24.5 Å². The van der Waals surface area contributed by atoms with E-state index < -0.39 is 0 Å². The minimum absolute atomic E-state index is 0.0137. The van der Waals surface area contributed by atoms with Gasteiger partial charge in [-0.2, -0.15) is 0 Å². The lowest BCUT2D eigenvalue weighted by Gasteiger charge is -2.16. The fourth-order valence-corrected chi connectivity index (χ4v) is 1.96. The molecule has 2 heterocycles. The predicted molar refractivity (Wildman–Crippen MR) is 63.3 cm³/mol. The van der Waals surface area contributed by atoms with Gasteiger partial charge < -0.3 is 10.2 Å². The van der Waals surface area contributed by atoms with E-state index >= 15 is 0 Å². The van der Waals surface area contributed by atoms with E-state index in [0.717, 1.165) is 31.6 Å². The molecule has 0 saturated carbocycles. The first-order valence-corrected chi connectivity index (χ1v) is 5.77. The van der Waals surface area contributed by atoms with E-state index in [-0.39, 0.29) is 11.9 Å². The van der Waals surface area contributed by atoms with E-state index in [4.69, 9.17) is 0 Å². The molecule has 1 aliphatic heterocycles. The zero-order valence-corrected chi connectivity index (χ0v) is 9.52. The van der Waals surface area contributed by atoms with Crippen LogP contribution < -0.4 is 10.2 Å². The molecule has 0 aromatic carbocycles. The molecular formula is C12H17N3O. The number of aromatic nitrogens is 1. The normalized spacial score (nSPS) is 20.4. The van der Waals surface area contributed by atoms with Crippen LogP contribution in [-0.2, 0) is 4.79 Å². The molecule has 1 saturated heterocycles. The van der Waals surface area contributed by atoms with Crippen molar-refractivity contribution in [2.24, 2.45) is 0 Å². The van der Waals surface area contributed by atoms with Crippen LogP contribution in [0.3, 0.4) is 0 Å². The number of hydrogen-bond acceptors (Lipinski definition) is 3. The lowest BCUT2D eigenvalue weighted by atomic mass is 10.2. The van der Waals surface area contributed by atoms with E-state index in [1.165, 1.54) is 0 Å². The number of hydrogen-bond donors (Lipinski definition) is 1. The molecule has 0 bridgehead atoms. The Morgan fingerprint density at radius 2 is 2.50 bits per heavy atom. The summed E-state index contributed by atoms with van der Waals surface area (Å²) >= 11 is 0. The van der Waals surface area contributed by atoms with Gasteiger partial charge in [0.25, 0.3) is 0 Å². The SMILES string of the molecule is CCCNC1CCN(c2cccnc2)C1=O. The minimum atomic E-state index is -0.0137. The Morgan fingerprint density at radius 3 is 3.19 bits per heavy atom. The van der Waals surface area contributed by atoms with Gasteiger partial charge in [0.1, 0.15) is 0 Å². The van der Waals surface area contributed by atoms with Gasteiger partial charge in [-0.05, 0) is 31.5 Å². The quantitative estimate of drug-likeness (QED) is 0.827. The van der Waals surface area contributed by atoms with Crippen LogP contribution in [-0.4, -0.2) is 30.0 Å². The number of carbonyl (C=O) groups excluding carboxylic acids is 1. The molecule has 1 amide bonds. The number of anilines is 1. The first-order chi connectivity index (χ1) is 7.83. The van der Waals surface area contributed by atoms with E-state index in [1.807, 2.05) is 12.1 Å². The second-order valence-electron chi connectivity index (χ2n) is 4.00. The Hall–Kier alpha value is -1.42. The molecule has 1 aromatic rings. The van der Waals surface area contributed by atoms with Gasteiger partial charge in [-0.25, -0.2) is 0 Å². The fraction of sp³-hybridized carbons (Fsp3) is 0.500. The second kappa shape index (κ2) is 5.07. The average molecular weight is 219 g/mol. The summed E-state index contributed by atoms with van der Waals surface area (Å²) in [7, 11) is 0. The van der Waals surface area contributed by atoms with Crippen molar-refractivity contribution in [2.75, 3.05) is 18.0 Å². The molecule has 0 radical (unpaired) electrons. The van der Waals surface area contributed by atoms with Gasteiger partial charge in [-0.1, -0.05) is 6.92 Å². The van der Waals surface area contributed by atoms with Crippen LogP contribution in [0.2, 0.25) is 0 Å². The molecule has 1 aliphatic rings. The Balaban J connectivity index is 2.02. The van der Waals surface area contributed by atoms with Gasteiger partial charge in [0.05, 0.1) is 17.9 Å². The number of amides is 1. The Morgan fingerprint density at radius 1 is 1.62 bits per heavy atom. The van der Waals surface area contributed by atoms with Gasteiger partial charge >= 0.3 is 0 Å². The molecular weight excluding hydrogens is 202 g/mol. The van der Waals surface area contributed by atoms with Gasteiger partial charge in [0.2, 0.25) is 5.91 Å². The molecule has 1 unspecified atom stereocenters. The largest absolute Gasteiger partial charge is 0.309 e. The first kappa shape index (κ1) is 11.1. The van der Waals surface area contributed by atoms with Crippen molar-refractivity contribution in [1.82, 2.24) is 10.3 Å². The van der Waals surface area contributed by atoms with Crippen LogP contribution in [0, 0.1) is 0 Å². The van der Waals surface area contributed by atoms with Crippen molar-refractivity contribution < 1.29 is 4.79 Å². The highest BCUT2D eigenvalue weighted by Gasteiger charge is 2.31. The van der Waals surface area contributed by atoms with Crippen LogP contribution in [0.4, 0.5) is 5.69 Å². The number of pyridine rings is 1. The maximum Gasteiger partial charge on any atom is 0.244 e. The maximum atomic E-state index is 12.0. The van der Waals surface area contributed by atoms with Crippen molar-refractivity contribution in [3.8, 4) is 0 Å². The summed E-state index contributed by atoms with van der Waals surface area (Å²) in [6.45, 7) is 3.79. The van der Waals surface area contributed by atoms with Gasteiger partial charge in [0.15, 0.2) is 0 Å². The number of carbonyl (C=O) groups is 1. The molecule has 16 heavy (non-hydrogen) atoms. The molecule has 2 rings (SSSR count). The Bertz CT molecular complexity index is 353. The second-order valence-corrected chi connectivity index (χ2v) is 4.00. The predicted octanol–water partition coefficient (Wildman–Crippen LogP) is 1.19. The highest BCUT2D eigenvalue weighted by molar-refractivity contribution is 5.99. The van der Waals surface area contributed by atoms with Gasteiger partial charge in [-0.15, -0.1) is 0 Å². The molecule has 1 N–H and O–H groups in total. The summed E-state index contributed by atoms with van der Waals surface area (Å²) in [5, 5.41) is 3.27. The smallest absolute Gasteiger partial charge is 0.244 e. The highest BCUT2D eigenvalue weighted by atomic mass is 16.2. The standard InChI is InChI=1S/C12H17N3O/c1-2-6-14-11-5-8-15(12(11)16)10-4-3-7-13-9-10/h3-4,7,9,11,14H,2,5-6,8H2,1H3. The summed E-state index contributed by atoms with van der Waals surface area (Å²) < 4.78 is 0. The van der Waals surface area contributed by atoms with E-state index in [2.05, 4.69) is 17.2 Å². The molecule has 0 aliphatic carbocycles. The van der Waals surface area contributed by atoms with Crippen LogP contribution in [0.25, 0.3) is 0 Å². The number of rotatable bonds is 4. The van der Waals surface area contributed by atoms with Crippen LogP contribution in [0.5, 0.6) is 0 Å². The fourth-order valence-electron chi connectivity index (χ4n) is 1.96. The van der Waals surface area contributed by atoms with E-state index in [0.29, 0.717) is 0 Å². The topological polar surface area (TPSA) is 45.2 Å². The average Bonchev–Trinajstić information content (AvgIpc) is 2.69. The number of nitrogens with one attached hydrogen (secondary N) is 1. The molecule has 86 valence electrons. The monoisotopic (exact) mass is 219 g/mol. The molecule has 1 fully saturated rings. The van der Waals surface area contributed by atoms with Gasteiger partial charge in [-0.3, -0.25) is 9.78 Å². The lowest BCUT2D eigenvalue weighted by Crippen LogP contribution is -2.38. The zero-order chi connectivity index (χ0) is 11.4. The van der Waals surface area contributed by atoms with Crippen molar-refractivity contribution in [1.29, 1.82) is 0 Å². The maximum absolute atomic E-state index is 12.0.